The molecule has 1 atom stereocenters. The third-order valence-electron chi connectivity index (χ3n) is 3.35. The molecule has 0 amide bonds. The van der Waals surface area contributed by atoms with E-state index in [9.17, 15) is 0 Å². The summed E-state index contributed by atoms with van der Waals surface area (Å²) in [5.74, 6) is 0. The van der Waals surface area contributed by atoms with Crippen molar-refractivity contribution in [3.05, 3.63) is 58.6 Å². The summed E-state index contributed by atoms with van der Waals surface area (Å²) in [6, 6.07) is 14.7. The molecule has 20 heavy (non-hydrogen) atoms. The van der Waals surface area contributed by atoms with Gasteiger partial charge in [-0.05, 0) is 55.7 Å². The number of nitrogens with two attached hydrogens (primary N) is 1. The molecule has 106 valence electrons. The highest BCUT2D eigenvalue weighted by Crippen LogP contribution is 2.29. The average Bonchev–Trinajstić information content (AvgIpc) is 2.40. The van der Waals surface area contributed by atoms with E-state index in [1.807, 2.05) is 20.0 Å². The summed E-state index contributed by atoms with van der Waals surface area (Å²) in [6.45, 7) is 4.08. The highest BCUT2D eigenvalue weighted by atomic mass is 35.5. The minimum atomic E-state index is 0.118. The lowest BCUT2D eigenvalue weighted by Crippen LogP contribution is -2.18. The Labute approximate surface area is 126 Å². The summed E-state index contributed by atoms with van der Waals surface area (Å²) < 4.78 is 0. The second kappa shape index (κ2) is 6.29. The van der Waals surface area contributed by atoms with E-state index in [1.54, 1.807) is 0 Å². The normalized spacial score (nSPS) is 12.2. The van der Waals surface area contributed by atoms with Crippen molar-refractivity contribution in [2.75, 3.05) is 11.9 Å². The minimum absolute atomic E-state index is 0.118. The molecule has 0 heterocycles. The zero-order valence-corrected chi connectivity index (χ0v) is 13.0. The monoisotopic (exact) mass is 288 g/mol. The SMILES string of the molecule is Cc1cccc(N(C)c2ccc(CC(C)N)c(Cl)c2)c1. The van der Waals surface area contributed by atoms with Crippen LogP contribution < -0.4 is 10.6 Å². The van der Waals surface area contributed by atoms with Crippen LogP contribution in [0.2, 0.25) is 5.02 Å². The molecule has 2 aromatic carbocycles. The number of hydrogen-bond acceptors (Lipinski definition) is 2. The number of anilines is 2. The first-order chi connectivity index (χ1) is 9.47. The Morgan fingerprint density at radius 1 is 1.15 bits per heavy atom. The summed E-state index contributed by atoms with van der Waals surface area (Å²) in [5.41, 5.74) is 10.4. The van der Waals surface area contributed by atoms with Crippen LogP contribution in [0.3, 0.4) is 0 Å². The highest BCUT2D eigenvalue weighted by molar-refractivity contribution is 6.31. The van der Waals surface area contributed by atoms with Crippen molar-refractivity contribution in [3.63, 3.8) is 0 Å². The predicted molar refractivity (Wildman–Crippen MR) is 88.0 cm³/mol. The quantitative estimate of drug-likeness (QED) is 0.908. The van der Waals surface area contributed by atoms with Gasteiger partial charge in [0.2, 0.25) is 0 Å². The molecule has 0 aliphatic heterocycles. The molecule has 2 rings (SSSR count). The number of rotatable bonds is 4. The topological polar surface area (TPSA) is 29.3 Å². The van der Waals surface area contributed by atoms with Crippen LogP contribution in [-0.4, -0.2) is 13.1 Å². The molecule has 0 aromatic heterocycles. The Morgan fingerprint density at radius 2 is 1.85 bits per heavy atom. The maximum absolute atomic E-state index is 6.35. The Kier molecular flexibility index (Phi) is 4.69. The summed E-state index contributed by atoms with van der Waals surface area (Å²) in [4.78, 5) is 2.13. The summed E-state index contributed by atoms with van der Waals surface area (Å²) >= 11 is 6.35. The van der Waals surface area contributed by atoms with E-state index in [4.69, 9.17) is 17.3 Å². The van der Waals surface area contributed by atoms with Crippen LogP contribution >= 0.6 is 11.6 Å². The van der Waals surface area contributed by atoms with Crippen LogP contribution in [0.4, 0.5) is 11.4 Å². The van der Waals surface area contributed by atoms with Crippen LogP contribution in [0.15, 0.2) is 42.5 Å². The molecule has 2 N–H and O–H groups in total. The number of benzene rings is 2. The van der Waals surface area contributed by atoms with Gasteiger partial charge in [-0.25, -0.2) is 0 Å². The van der Waals surface area contributed by atoms with Crippen molar-refractivity contribution in [3.8, 4) is 0 Å². The number of halogens is 1. The van der Waals surface area contributed by atoms with Gasteiger partial charge in [0.05, 0.1) is 0 Å². The highest BCUT2D eigenvalue weighted by Gasteiger charge is 2.08. The lowest BCUT2D eigenvalue weighted by Gasteiger charge is -2.21. The van der Waals surface area contributed by atoms with Crippen LogP contribution in [0, 0.1) is 6.92 Å². The van der Waals surface area contributed by atoms with Crippen molar-refractivity contribution < 1.29 is 0 Å². The first-order valence-electron chi connectivity index (χ1n) is 6.82. The number of nitrogens with zero attached hydrogens (tertiary/aromatic N) is 1. The maximum Gasteiger partial charge on any atom is 0.0459 e. The summed E-state index contributed by atoms with van der Waals surface area (Å²) in [5, 5.41) is 0.777. The first-order valence-corrected chi connectivity index (χ1v) is 7.19. The first kappa shape index (κ1) is 14.9. The molecule has 3 heteroatoms. The van der Waals surface area contributed by atoms with Gasteiger partial charge in [0.15, 0.2) is 0 Å². The van der Waals surface area contributed by atoms with Crippen molar-refractivity contribution >= 4 is 23.0 Å². The van der Waals surface area contributed by atoms with E-state index in [0.29, 0.717) is 0 Å². The molecular weight excluding hydrogens is 268 g/mol. The van der Waals surface area contributed by atoms with Gasteiger partial charge < -0.3 is 10.6 Å². The molecule has 0 aliphatic carbocycles. The van der Waals surface area contributed by atoms with Crippen LogP contribution in [0.25, 0.3) is 0 Å². The summed E-state index contributed by atoms with van der Waals surface area (Å²) in [7, 11) is 2.05. The van der Waals surface area contributed by atoms with Crippen LogP contribution in [0.1, 0.15) is 18.1 Å². The second-order valence-electron chi connectivity index (χ2n) is 5.36. The lowest BCUT2D eigenvalue weighted by atomic mass is 10.1. The molecule has 2 aromatic rings. The zero-order valence-electron chi connectivity index (χ0n) is 12.2. The molecule has 1 unspecified atom stereocenters. The molecule has 0 bridgehead atoms. The molecule has 0 radical (unpaired) electrons. The van der Waals surface area contributed by atoms with Crippen LogP contribution in [0.5, 0.6) is 0 Å². The van der Waals surface area contributed by atoms with E-state index in [0.717, 1.165) is 28.4 Å². The Hall–Kier alpha value is -1.51. The second-order valence-corrected chi connectivity index (χ2v) is 5.76. The van der Waals surface area contributed by atoms with Crippen molar-refractivity contribution in [1.29, 1.82) is 0 Å². The predicted octanol–water partition coefficient (Wildman–Crippen LogP) is 4.31. The Morgan fingerprint density at radius 3 is 2.45 bits per heavy atom. The Balaban J connectivity index is 2.27. The standard InChI is InChI=1S/C17H21ClN2/c1-12-5-4-6-15(9-12)20(3)16-8-7-14(10-13(2)19)17(18)11-16/h4-9,11,13H,10,19H2,1-3H3. The van der Waals surface area contributed by atoms with E-state index < -0.39 is 0 Å². The number of hydrogen-bond donors (Lipinski definition) is 1. The minimum Gasteiger partial charge on any atom is -0.345 e. The van der Waals surface area contributed by atoms with E-state index in [2.05, 4.69) is 48.2 Å². The van der Waals surface area contributed by atoms with Gasteiger partial charge in [0.1, 0.15) is 0 Å². The smallest absolute Gasteiger partial charge is 0.0459 e. The lowest BCUT2D eigenvalue weighted by molar-refractivity contribution is 0.738. The third-order valence-corrected chi connectivity index (χ3v) is 3.71. The molecule has 0 spiro atoms. The van der Waals surface area contributed by atoms with E-state index in [-0.39, 0.29) is 6.04 Å². The van der Waals surface area contributed by atoms with Gasteiger partial charge in [0.25, 0.3) is 0 Å². The van der Waals surface area contributed by atoms with Crippen LogP contribution in [-0.2, 0) is 6.42 Å². The molecule has 0 saturated heterocycles. The number of aryl methyl sites for hydroxylation is 1. The zero-order chi connectivity index (χ0) is 14.7. The van der Waals surface area contributed by atoms with Crippen molar-refractivity contribution in [1.82, 2.24) is 0 Å². The van der Waals surface area contributed by atoms with Gasteiger partial charge in [-0.2, -0.15) is 0 Å². The average molecular weight is 289 g/mol. The fourth-order valence-electron chi connectivity index (χ4n) is 2.24. The summed E-state index contributed by atoms with van der Waals surface area (Å²) in [6.07, 6.45) is 0.799. The largest absolute Gasteiger partial charge is 0.345 e. The molecule has 0 aliphatic rings. The van der Waals surface area contributed by atoms with Gasteiger partial charge in [0, 0.05) is 29.5 Å². The van der Waals surface area contributed by atoms with Gasteiger partial charge in [-0.15, -0.1) is 0 Å². The third kappa shape index (κ3) is 3.53. The molecule has 0 saturated carbocycles. The van der Waals surface area contributed by atoms with Crippen molar-refractivity contribution in [2.45, 2.75) is 26.3 Å². The van der Waals surface area contributed by atoms with Gasteiger partial charge >= 0.3 is 0 Å². The van der Waals surface area contributed by atoms with Crippen molar-refractivity contribution in [2.24, 2.45) is 5.73 Å². The fourth-order valence-corrected chi connectivity index (χ4v) is 2.49. The molecular formula is C17H21ClN2. The molecule has 0 fully saturated rings. The van der Waals surface area contributed by atoms with E-state index in [1.165, 1.54) is 5.56 Å². The van der Waals surface area contributed by atoms with Gasteiger partial charge in [-0.1, -0.05) is 29.8 Å². The molecule has 2 nitrogen and oxygen atoms in total. The van der Waals surface area contributed by atoms with Gasteiger partial charge in [-0.3, -0.25) is 0 Å². The maximum atomic E-state index is 6.35. The fraction of sp³-hybridized carbons (Fsp3) is 0.294. The van der Waals surface area contributed by atoms with E-state index >= 15 is 0 Å². The Bertz CT molecular complexity index is 593.